The third-order valence-electron chi connectivity index (χ3n) is 4.86. The molecule has 2 aliphatic carbocycles. The second-order valence-electron chi connectivity index (χ2n) is 6.33. The van der Waals surface area contributed by atoms with E-state index >= 15 is 0 Å². The number of aryl methyl sites for hydroxylation is 2. The molecule has 1 N–H and O–H groups in total. The predicted octanol–water partition coefficient (Wildman–Crippen LogP) is 4.35. The molecule has 1 heterocycles. The van der Waals surface area contributed by atoms with Gasteiger partial charge in [0, 0.05) is 11.4 Å². The molecule has 1 aromatic heterocycles. The quantitative estimate of drug-likeness (QED) is 0.891. The Morgan fingerprint density at radius 1 is 0.957 bits per heavy atom. The number of halogens is 1. The Kier molecular flexibility index (Phi) is 3.82. The number of rotatable bonds is 2. The molecule has 0 unspecified atom stereocenters. The minimum atomic E-state index is -0.122. The molecular formula is C19H19ClN2O. The van der Waals surface area contributed by atoms with E-state index in [1.54, 1.807) is 12.1 Å². The van der Waals surface area contributed by atoms with Gasteiger partial charge in [0.05, 0.1) is 16.3 Å². The van der Waals surface area contributed by atoms with Gasteiger partial charge in [-0.25, -0.2) is 0 Å². The van der Waals surface area contributed by atoms with Crippen molar-refractivity contribution in [3.05, 3.63) is 57.4 Å². The maximum Gasteiger partial charge on any atom is 0.257 e. The number of nitrogens with one attached hydrogen (secondary N) is 1. The summed E-state index contributed by atoms with van der Waals surface area (Å²) in [5.74, 6) is -0.122. The summed E-state index contributed by atoms with van der Waals surface area (Å²) >= 11 is 6.17. The van der Waals surface area contributed by atoms with Gasteiger partial charge in [-0.05, 0) is 68.2 Å². The van der Waals surface area contributed by atoms with Crippen LogP contribution in [0.3, 0.4) is 0 Å². The summed E-state index contributed by atoms with van der Waals surface area (Å²) < 4.78 is 0. The van der Waals surface area contributed by atoms with E-state index in [-0.39, 0.29) is 5.91 Å². The van der Waals surface area contributed by atoms with Gasteiger partial charge in [0.15, 0.2) is 0 Å². The lowest BCUT2D eigenvalue weighted by atomic mass is 9.92. The molecule has 23 heavy (non-hydrogen) atoms. The van der Waals surface area contributed by atoms with Crippen LogP contribution in [-0.4, -0.2) is 10.9 Å². The molecule has 0 bridgehead atoms. The number of anilines is 1. The van der Waals surface area contributed by atoms with Crippen LogP contribution < -0.4 is 5.32 Å². The fourth-order valence-corrected chi connectivity index (χ4v) is 3.95. The van der Waals surface area contributed by atoms with Crippen LogP contribution in [0.15, 0.2) is 24.3 Å². The van der Waals surface area contributed by atoms with Crippen LogP contribution in [-0.2, 0) is 25.7 Å². The smallest absolute Gasteiger partial charge is 0.257 e. The van der Waals surface area contributed by atoms with Crippen molar-refractivity contribution in [1.82, 2.24) is 4.98 Å². The zero-order chi connectivity index (χ0) is 15.8. The second kappa shape index (κ2) is 5.97. The van der Waals surface area contributed by atoms with Gasteiger partial charge in [-0.3, -0.25) is 9.78 Å². The summed E-state index contributed by atoms with van der Waals surface area (Å²) in [6.07, 6.45) is 7.55. The van der Waals surface area contributed by atoms with Gasteiger partial charge in [0.2, 0.25) is 0 Å². The van der Waals surface area contributed by atoms with Crippen LogP contribution in [0, 0.1) is 0 Å². The van der Waals surface area contributed by atoms with Gasteiger partial charge in [-0.1, -0.05) is 23.7 Å². The lowest BCUT2D eigenvalue weighted by Crippen LogP contribution is -2.19. The van der Waals surface area contributed by atoms with Crippen LogP contribution in [0.1, 0.15) is 52.1 Å². The maximum atomic E-state index is 12.7. The summed E-state index contributed by atoms with van der Waals surface area (Å²) in [6, 6.07) is 7.20. The SMILES string of the molecule is O=C(Nc1c2c(nc3c1CCC3)CCCC2)c1ccccc1Cl. The first-order valence-electron chi connectivity index (χ1n) is 8.33. The number of nitrogens with zero attached hydrogens (tertiary/aromatic N) is 1. The number of benzene rings is 1. The van der Waals surface area contributed by atoms with Crippen molar-refractivity contribution in [1.29, 1.82) is 0 Å². The van der Waals surface area contributed by atoms with Crippen molar-refractivity contribution in [2.75, 3.05) is 5.32 Å². The average molecular weight is 327 g/mol. The molecule has 3 nitrogen and oxygen atoms in total. The summed E-state index contributed by atoms with van der Waals surface area (Å²) in [5.41, 5.74) is 6.41. The van der Waals surface area contributed by atoms with Crippen molar-refractivity contribution in [2.45, 2.75) is 44.9 Å². The van der Waals surface area contributed by atoms with Crippen molar-refractivity contribution < 1.29 is 4.79 Å². The fraction of sp³-hybridized carbons (Fsp3) is 0.368. The molecule has 0 saturated heterocycles. The largest absolute Gasteiger partial charge is 0.321 e. The Hall–Kier alpha value is -1.87. The molecule has 0 radical (unpaired) electrons. The summed E-state index contributed by atoms with van der Waals surface area (Å²) in [7, 11) is 0. The van der Waals surface area contributed by atoms with Gasteiger partial charge in [0.25, 0.3) is 5.91 Å². The maximum absolute atomic E-state index is 12.7. The van der Waals surface area contributed by atoms with Crippen molar-refractivity contribution in [3.63, 3.8) is 0 Å². The standard InChI is InChI=1S/C19H19ClN2O/c20-15-9-3-1-6-12(15)19(23)22-18-13-7-2-4-10-16(13)21-17-11-5-8-14(17)18/h1,3,6,9H,2,4-5,7-8,10-11H2,(H,21,22,23). The lowest BCUT2D eigenvalue weighted by molar-refractivity contribution is 0.102. The Bertz CT molecular complexity index is 785. The van der Waals surface area contributed by atoms with E-state index in [2.05, 4.69) is 5.32 Å². The molecule has 0 aliphatic heterocycles. The second-order valence-corrected chi connectivity index (χ2v) is 6.74. The number of hydrogen-bond acceptors (Lipinski definition) is 2. The third-order valence-corrected chi connectivity index (χ3v) is 5.19. The molecule has 1 aromatic carbocycles. The van der Waals surface area contributed by atoms with E-state index in [1.165, 1.54) is 35.4 Å². The number of carbonyl (C=O) groups is 1. The molecule has 0 atom stereocenters. The first kappa shape index (κ1) is 14.7. The molecule has 4 heteroatoms. The molecular weight excluding hydrogens is 308 g/mol. The highest BCUT2D eigenvalue weighted by molar-refractivity contribution is 6.34. The van der Waals surface area contributed by atoms with Crippen LogP contribution in [0.2, 0.25) is 5.02 Å². The van der Waals surface area contributed by atoms with Crippen LogP contribution in [0.25, 0.3) is 0 Å². The van der Waals surface area contributed by atoms with Crippen molar-refractivity contribution >= 4 is 23.2 Å². The summed E-state index contributed by atoms with van der Waals surface area (Å²) in [4.78, 5) is 17.6. The summed E-state index contributed by atoms with van der Waals surface area (Å²) in [5, 5.41) is 3.65. The van der Waals surface area contributed by atoms with E-state index < -0.39 is 0 Å². The highest BCUT2D eigenvalue weighted by Gasteiger charge is 2.25. The highest BCUT2D eigenvalue weighted by atomic mass is 35.5. The minimum Gasteiger partial charge on any atom is -0.321 e. The third kappa shape index (κ3) is 2.63. The monoisotopic (exact) mass is 326 g/mol. The van der Waals surface area contributed by atoms with Crippen LogP contribution >= 0.6 is 11.6 Å². The first-order chi connectivity index (χ1) is 11.2. The van der Waals surface area contributed by atoms with E-state index in [0.717, 1.165) is 37.8 Å². The van der Waals surface area contributed by atoms with Gasteiger partial charge < -0.3 is 5.32 Å². The Morgan fingerprint density at radius 2 is 1.61 bits per heavy atom. The van der Waals surface area contributed by atoms with Crippen molar-refractivity contribution in [3.8, 4) is 0 Å². The van der Waals surface area contributed by atoms with Gasteiger partial charge in [-0.15, -0.1) is 0 Å². The molecule has 4 rings (SSSR count). The van der Waals surface area contributed by atoms with E-state index in [9.17, 15) is 4.79 Å². The minimum absolute atomic E-state index is 0.122. The molecule has 2 aliphatic rings. The Morgan fingerprint density at radius 3 is 2.39 bits per heavy atom. The van der Waals surface area contributed by atoms with E-state index in [0.29, 0.717) is 10.6 Å². The molecule has 2 aromatic rings. The molecule has 0 fully saturated rings. The number of fused-ring (bicyclic) bond motifs is 2. The highest BCUT2D eigenvalue weighted by Crippen LogP contribution is 2.36. The first-order valence-corrected chi connectivity index (χ1v) is 8.71. The number of aromatic nitrogens is 1. The summed E-state index contributed by atoms with van der Waals surface area (Å²) in [6.45, 7) is 0. The van der Waals surface area contributed by atoms with Gasteiger partial charge in [0.1, 0.15) is 0 Å². The molecule has 118 valence electrons. The lowest BCUT2D eigenvalue weighted by Gasteiger charge is -2.22. The Balaban J connectivity index is 1.75. The van der Waals surface area contributed by atoms with Crippen molar-refractivity contribution in [2.24, 2.45) is 0 Å². The normalized spacial score (nSPS) is 15.9. The zero-order valence-electron chi connectivity index (χ0n) is 13.0. The Labute approximate surface area is 141 Å². The average Bonchev–Trinajstić information content (AvgIpc) is 3.03. The molecule has 0 saturated carbocycles. The van der Waals surface area contributed by atoms with Gasteiger partial charge in [-0.2, -0.15) is 0 Å². The zero-order valence-corrected chi connectivity index (χ0v) is 13.7. The van der Waals surface area contributed by atoms with Gasteiger partial charge >= 0.3 is 0 Å². The number of amides is 1. The fourth-order valence-electron chi connectivity index (χ4n) is 3.72. The predicted molar refractivity (Wildman–Crippen MR) is 92.3 cm³/mol. The number of carbonyl (C=O) groups excluding carboxylic acids is 1. The van der Waals surface area contributed by atoms with Crippen LogP contribution in [0.4, 0.5) is 5.69 Å². The molecule has 1 amide bonds. The van der Waals surface area contributed by atoms with E-state index in [1.807, 2.05) is 12.1 Å². The van der Waals surface area contributed by atoms with E-state index in [4.69, 9.17) is 16.6 Å². The number of hydrogen-bond donors (Lipinski definition) is 1. The van der Waals surface area contributed by atoms with Crippen LogP contribution in [0.5, 0.6) is 0 Å². The molecule has 0 spiro atoms. The topological polar surface area (TPSA) is 42.0 Å². The number of pyridine rings is 1.